The van der Waals surface area contributed by atoms with Crippen molar-refractivity contribution in [2.75, 3.05) is 0 Å². The average Bonchev–Trinajstić information content (AvgIpc) is 3.94. The van der Waals surface area contributed by atoms with Crippen molar-refractivity contribution in [2.24, 2.45) is 14.1 Å². The van der Waals surface area contributed by atoms with Crippen LogP contribution in [0.15, 0.2) is 8.83 Å². The van der Waals surface area contributed by atoms with E-state index in [1.54, 1.807) is 5.56 Å². The molecule has 0 amide bonds. The van der Waals surface area contributed by atoms with Crippen LogP contribution in [0.5, 0.6) is 0 Å². The van der Waals surface area contributed by atoms with Gasteiger partial charge in [0.2, 0.25) is 0 Å². The average molecular weight is 1060 g/mol. The van der Waals surface area contributed by atoms with Crippen molar-refractivity contribution in [3.8, 4) is 0 Å². The second-order valence-electron chi connectivity index (χ2n) is 27.9. The monoisotopic (exact) mass is 1050 g/mol. The Labute approximate surface area is 466 Å². The van der Waals surface area contributed by atoms with Crippen molar-refractivity contribution in [1.82, 2.24) is 9.13 Å². The minimum atomic E-state index is 0.128. The van der Waals surface area contributed by atoms with Crippen LogP contribution in [0, 0.1) is 125 Å². The first kappa shape index (κ1) is 68.5. The Bertz CT molecular complexity index is 2560. The van der Waals surface area contributed by atoms with Crippen LogP contribution in [0.4, 0.5) is 0 Å². The molecule has 6 heteroatoms. The van der Waals surface area contributed by atoms with Crippen molar-refractivity contribution in [2.45, 2.75) is 282 Å². The van der Waals surface area contributed by atoms with Gasteiger partial charge in [-0.25, -0.2) is 0 Å². The van der Waals surface area contributed by atoms with Gasteiger partial charge in [0.1, 0.15) is 23.0 Å². The van der Waals surface area contributed by atoms with Gasteiger partial charge in [-0.05, 0) is 207 Å². The van der Waals surface area contributed by atoms with Crippen molar-refractivity contribution >= 4 is 22.7 Å². The smallest absolute Gasteiger partial charge is 0.112 e. The van der Waals surface area contributed by atoms with Crippen LogP contribution in [0.2, 0.25) is 0 Å². The summed E-state index contributed by atoms with van der Waals surface area (Å²) in [4.78, 5) is 5.96. The van der Waals surface area contributed by atoms with Crippen molar-refractivity contribution < 1.29 is 8.83 Å². The summed E-state index contributed by atoms with van der Waals surface area (Å²) >= 11 is 3.87. The van der Waals surface area contributed by atoms with Gasteiger partial charge < -0.3 is 18.0 Å². The lowest BCUT2D eigenvalue weighted by molar-refractivity contribution is 0.392. The largest absolute Gasteiger partial charge is 0.466 e. The Morgan fingerprint density at radius 3 is 0.865 bits per heavy atom. The lowest BCUT2D eigenvalue weighted by atomic mass is 9.84. The molecule has 0 atom stereocenters. The van der Waals surface area contributed by atoms with Crippen LogP contribution < -0.4 is 0 Å². The molecule has 6 heterocycles. The molecule has 0 N–H and O–H groups in total. The van der Waals surface area contributed by atoms with E-state index in [9.17, 15) is 0 Å². The molecule has 420 valence electrons. The van der Waals surface area contributed by atoms with Gasteiger partial charge in [0.05, 0.1) is 0 Å². The summed E-state index contributed by atoms with van der Waals surface area (Å²) in [5, 5.41) is 0. The molecule has 0 spiro atoms. The highest BCUT2D eigenvalue weighted by atomic mass is 32.1. The fraction of sp³-hybridized carbons (Fsp3) is 0.647. The minimum Gasteiger partial charge on any atom is -0.466 e. The number of thiophene rings is 2. The predicted octanol–water partition coefficient (Wildman–Crippen LogP) is 21.4. The van der Waals surface area contributed by atoms with Crippen LogP contribution in [0.1, 0.15) is 257 Å². The number of nitrogens with zero attached hydrogens (tertiary/aromatic N) is 2. The molecule has 6 aromatic rings. The van der Waals surface area contributed by atoms with E-state index < -0.39 is 0 Å². The third-order valence-corrected chi connectivity index (χ3v) is 18.3. The number of aryl methyl sites for hydroxylation is 6. The molecule has 4 nitrogen and oxygen atoms in total. The van der Waals surface area contributed by atoms with E-state index in [-0.39, 0.29) is 21.7 Å². The van der Waals surface area contributed by atoms with E-state index in [1.165, 1.54) is 103 Å². The molecule has 6 rings (SSSR count). The molecule has 0 aliphatic heterocycles. The van der Waals surface area contributed by atoms with E-state index in [4.69, 9.17) is 8.83 Å². The summed E-state index contributed by atoms with van der Waals surface area (Å²) in [6.07, 6.45) is 0. The fourth-order valence-corrected chi connectivity index (χ4v) is 13.6. The topological polar surface area (TPSA) is 36.1 Å². The molecule has 0 saturated carbocycles. The molecule has 74 heavy (non-hydrogen) atoms. The summed E-state index contributed by atoms with van der Waals surface area (Å²) in [7, 11) is 4.31. The number of furan rings is 2. The molecule has 0 aromatic carbocycles. The summed E-state index contributed by atoms with van der Waals surface area (Å²) in [5.41, 5.74) is 24.2. The minimum absolute atomic E-state index is 0.128. The van der Waals surface area contributed by atoms with E-state index in [1.807, 2.05) is 43.4 Å². The standard InChI is InChI=1S/2C12H21N.2C11H18O.2C11H18S/c1-8-9(2)13(7)10(3)11(8)12(4,5)6;1-8-9(2)11(12(4,5)6)13(7)10(8)3;1-7-8(2)12-9(3)10(7)11(4,5)6;1-7-8(2)10(11(4,5)6)12-9(7)3;1-7-8(2)12-9(3)10(7)11(4,5)6;1-7-8(2)10(11(4,5)6)12-9(7)3/h2*1-7H3;4*1-6H3. The molecule has 0 saturated heterocycles. The van der Waals surface area contributed by atoms with Crippen LogP contribution in [-0.2, 0) is 46.6 Å². The van der Waals surface area contributed by atoms with Gasteiger partial charge in [-0.1, -0.05) is 125 Å². The van der Waals surface area contributed by atoms with Gasteiger partial charge in [-0.15, -0.1) is 22.7 Å². The zero-order valence-corrected chi connectivity index (χ0v) is 57.2. The maximum Gasteiger partial charge on any atom is 0.112 e. The summed E-state index contributed by atoms with van der Waals surface area (Å²) < 4.78 is 15.9. The Balaban J connectivity index is 0.000000444. The van der Waals surface area contributed by atoms with Gasteiger partial charge in [0.15, 0.2) is 0 Å². The highest BCUT2D eigenvalue weighted by molar-refractivity contribution is 7.12. The van der Waals surface area contributed by atoms with Gasteiger partial charge in [-0.3, -0.25) is 0 Å². The first-order valence-electron chi connectivity index (χ1n) is 27.4. The SMILES string of the molecule is Cc1c(C(C)(C)C)c(C)n(C)c1C.Cc1c(C)c(C(C)(C)C)n(C)c1C.Cc1oc(C(C)(C)C)c(C)c1C.Cc1oc(C)c(C(C)(C)C)c1C.Cc1sc(C(C)(C)C)c(C)c1C.Cc1sc(C)c(C(C)(C)C)c1C. The Morgan fingerprint density at radius 2 is 0.703 bits per heavy atom. The van der Waals surface area contributed by atoms with E-state index >= 15 is 0 Å². The van der Waals surface area contributed by atoms with E-state index in [0.29, 0.717) is 10.8 Å². The van der Waals surface area contributed by atoms with Crippen LogP contribution in [0.3, 0.4) is 0 Å². The highest BCUT2D eigenvalue weighted by Crippen LogP contribution is 2.38. The lowest BCUT2D eigenvalue weighted by Gasteiger charge is -2.21. The van der Waals surface area contributed by atoms with Gasteiger partial charge in [-0.2, -0.15) is 0 Å². The van der Waals surface area contributed by atoms with E-state index in [0.717, 1.165) is 23.0 Å². The van der Waals surface area contributed by atoms with Crippen LogP contribution in [0.25, 0.3) is 0 Å². The molecule has 0 aliphatic carbocycles. The first-order chi connectivity index (χ1) is 32.9. The normalized spacial score (nSPS) is 12.2. The highest BCUT2D eigenvalue weighted by Gasteiger charge is 2.27. The van der Waals surface area contributed by atoms with Gasteiger partial charge in [0, 0.05) is 72.8 Å². The van der Waals surface area contributed by atoms with Crippen molar-refractivity contribution in [1.29, 1.82) is 0 Å². The van der Waals surface area contributed by atoms with Crippen LogP contribution >= 0.6 is 22.7 Å². The number of aromatic nitrogens is 2. The zero-order chi connectivity index (χ0) is 58.8. The van der Waals surface area contributed by atoms with Crippen molar-refractivity contribution in [3.05, 3.63) is 132 Å². The van der Waals surface area contributed by atoms with E-state index in [2.05, 4.69) is 252 Å². The van der Waals surface area contributed by atoms with Crippen molar-refractivity contribution in [3.63, 3.8) is 0 Å². The number of rotatable bonds is 0. The quantitative estimate of drug-likeness (QED) is 0.152. The maximum absolute atomic E-state index is 5.71. The van der Waals surface area contributed by atoms with Crippen LogP contribution in [-0.4, -0.2) is 9.13 Å². The molecular formula is C68H114N2O2S2. The molecule has 0 bridgehead atoms. The second kappa shape index (κ2) is 24.9. The summed E-state index contributed by atoms with van der Waals surface area (Å²) in [5.74, 6) is 4.30. The molecular weight excluding hydrogens is 941 g/mol. The Kier molecular flexibility index (Phi) is 23.0. The third-order valence-electron chi connectivity index (χ3n) is 15.4. The number of hydrogen-bond donors (Lipinski definition) is 0. The molecule has 6 aromatic heterocycles. The summed E-state index contributed by atoms with van der Waals surface area (Å²) in [6, 6.07) is 0. The predicted molar refractivity (Wildman–Crippen MR) is 334 cm³/mol. The maximum atomic E-state index is 5.71. The molecule has 0 unspecified atom stereocenters. The Morgan fingerprint density at radius 1 is 0.284 bits per heavy atom. The first-order valence-corrected chi connectivity index (χ1v) is 29.1. The second-order valence-corrected chi connectivity index (χ2v) is 30.5. The molecule has 0 aliphatic rings. The van der Waals surface area contributed by atoms with Gasteiger partial charge >= 0.3 is 0 Å². The number of hydrogen-bond acceptors (Lipinski definition) is 4. The van der Waals surface area contributed by atoms with Gasteiger partial charge in [0.25, 0.3) is 0 Å². The molecule has 0 fully saturated rings. The third kappa shape index (κ3) is 16.8. The summed E-state index contributed by atoms with van der Waals surface area (Å²) in [6.45, 7) is 79.6. The molecule has 0 radical (unpaired) electrons. The lowest BCUT2D eigenvalue weighted by Crippen LogP contribution is -2.17. The fourth-order valence-electron chi connectivity index (χ4n) is 11.1. The Hall–Kier alpha value is -3.48. The zero-order valence-electron chi connectivity index (χ0n) is 55.5.